The number of nitrogens with one attached hydrogen (secondary N) is 1. The van der Waals surface area contributed by atoms with E-state index >= 15 is 0 Å². The van der Waals surface area contributed by atoms with Crippen LogP contribution in [0.5, 0.6) is 0 Å². The second-order valence-corrected chi connectivity index (χ2v) is 10.2. The van der Waals surface area contributed by atoms with E-state index in [0.29, 0.717) is 5.65 Å². The molecule has 0 saturated carbocycles. The van der Waals surface area contributed by atoms with Crippen LogP contribution in [-0.4, -0.2) is 29.9 Å². The van der Waals surface area contributed by atoms with Gasteiger partial charge in [0.15, 0.2) is 0 Å². The van der Waals surface area contributed by atoms with Crippen molar-refractivity contribution in [3.63, 3.8) is 0 Å². The van der Waals surface area contributed by atoms with Gasteiger partial charge in [-0.3, -0.25) is 14.2 Å². The van der Waals surface area contributed by atoms with Crippen LogP contribution in [0.1, 0.15) is 30.5 Å². The molecule has 190 valence electrons. The van der Waals surface area contributed by atoms with Gasteiger partial charge in [0.1, 0.15) is 0 Å². The van der Waals surface area contributed by atoms with Crippen molar-refractivity contribution in [2.24, 2.45) is 5.73 Å². The molecule has 3 aromatic carbocycles. The molecule has 6 rings (SSSR count). The molecule has 0 aliphatic rings. The van der Waals surface area contributed by atoms with Gasteiger partial charge in [-0.05, 0) is 60.7 Å². The minimum absolute atomic E-state index is 0.0979. The number of primary amides is 1. The maximum atomic E-state index is 13.2. The molecule has 0 unspecified atom stereocenters. The van der Waals surface area contributed by atoms with Gasteiger partial charge in [-0.15, -0.1) is 0 Å². The lowest BCUT2D eigenvalue weighted by atomic mass is 9.92. The number of aromatic amines is 1. The van der Waals surface area contributed by atoms with Crippen molar-refractivity contribution in [1.82, 2.24) is 18.9 Å². The molecule has 0 fully saturated rings. The van der Waals surface area contributed by atoms with Crippen LogP contribution in [-0.2, 0) is 16.8 Å². The molecule has 3 aromatic heterocycles. The Hall–Kier alpha value is -4.69. The van der Waals surface area contributed by atoms with Crippen LogP contribution in [0.3, 0.4) is 0 Å². The Morgan fingerprint density at radius 1 is 1.08 bits per heavy atom. The Morgan fingerprint density at radius 3 is 2.66 bits per heavy atom. The van der Waals surface area contributed by atoms with Crippen molar-refractivity contribution in [1.29, 1.82) is 0 Å². The Kier molecular flexibility index (Phi) is 5.25. The topological polar surface area (TPSA) is 118 Å². The number of carbonyl (C=O) groups excluding carboxylic acids is 1. The maximum Gasteiger partial charge on any atom is 0.298 e. The quantitative estimate of drug-likeness (QED) is 0.323. The number of fused-ring (bicyclic) bond motifs is 4. The minimum atomic E-state index is -1.00. The van der Waals surface area contributed by atoms with E-state index in [9.17, 15) is 14.7 Å². The van der Waals surface area contributed by atoms with Gasteiger partial charge < -0.3 is 20.2 Å². The zero-order chi connectivity index (χ0) is 26.8. The van der Waals surface area contributed by atoms with E-state index in [0.717, 1.165) is 55.3 Å². The molecule has 0 bridgehead atoms. The fourth-order valence-corrected chi connectivity index (χ4v) is 5.29. The number of hydrogen-bond donors (Lipinski definition) is 3. The number of rotatable bonds is 5. The van der Waals surface area contributed by atoms with E-state index in [1.807, 2.05) is 61.7 Å². The molecule has 0 spiro atoms. The van der Waals surface area contributed by atoms with Gasteiger partial charge >= 0.3 is 0 Å². The number of aromatic nitrogens is 4. The molecule has 1 amide bonds. The van der Waals surface area contributed by atoms with Gasteiger partial charge in [0.2, 0.25) is 11.6 Å². The standard InChI is InChI=1S/C30H27N5O3/c1-17-20(5-4-6-24(17)35-14-13-34-12-11-32-28(34)29(35)37)21-9-7-18(15-25(31)36)27-26(21)22-10-8-19(30(2,3)38)16-23(22)33-27/h4-14,16,33,38H,15H2,1-3H3,(H2,31,36). The molecule has 0 aliphatic carbocycles. The van der Waals surface area contributed by atoms with E-state index in [2.05, 4.69) is 9.97 Å². The fraction of sp³-hybridized carbons (Fsp3) is 0.167. The highest BCUT2D eigenvalue weighted by Crippen LogP contribution is 2.39. The van der Waals surface area contributed by atoms with E-state index in [-0.39, 0.29) is 12.0 Å². The summed E-state index contributed by atoms with van der Waals surface area (Å²) in [7, 11) is 0. The predicted molar refractivity (Wildman–Crippen MR) is 148 cm³/mol. The Morgan fingerprint density at radius 2 is 1.89 bits per heavy atom. The summed E-state index contributed by atoms with van der Waals surface area (Å²) in [6.45, 7) is 5.49. The molecule has 8 nitrogen and oxygen atoms in total. The van der Waals surface area contributed by atoms with Crippen molar-refractivity contribution in [2.45, 2.75) is 32.8 Å². The third-order valence-electron chi connectivity index (χ3n) is 7.22. The van der Waals surface area contributed by atoms with Crippen molar-refractivity contribution in [3.05, 3.63) is 100 Å². The normalized spacial score (nSPS) is 12.1. The Balaban J connectivity index is 1.63. The summed E-state index contributed by atoms with van der Waals surface area (Å²) in [5, 5.41) is 12.5. The highest BCUT2D eigenvalue weighted by molar-refractivity contribution is 6.16. The summed E-state index contributed by atoms with van der Waals surface area (Å²) in [4.78, 5) is 32.8. The van der Waals surface area contributed by atoms with Crippen LogP contribution in [0, 0.1) is 6.92 Å². The number of imidazole rings is 1. The number of nitrogens with zero attached hydrogens (tertiary/aromatic N) is 3. The molecule has 0 aliphatic heterocycles. The highest BCUT2D eigenvalue weighted by atomic mass is 16.3. The number of H-pyrrole nitrogens is 1. The van der Waals surface area contributed by atoms with Gasteiger partial charge in [-0.1, -0.05) is 36.4 Å². The largest absolute Gasteiger partial charge is 0.386 e. The number of hydrogen-bond acceptors (Lipinski definition) is 4. The third kappa shape index (κ3) is 3.69. The first-order valence-corrected chi connectivity index (χ1v) is 12.4. The summed E-state index contributed by atoms with van der Waals surface area (Å²) in [6, 6.07) is 15.7. The lowest BCUT2D eigenvalue weighted by molar-refractivity contribution is -0.117. The van der Waals surface area contributed by atoms with Crippen LogP contribution < -0.4 is 11.3 Å². The zero-order valence-electron chi connectivity index (χ0n) is 21.3. The zero-order valence-corrected chi connectivity index (χ0v) is 21.3. The van der Waals surface area contributed by atoms with Crippen LogP contribution in [0.4, 0.5) is 0 Å². The van der Waals surface area contributed by atoms with Crippen molar-refractivity contribution in [2.75, 3.05) is 0 Å². The molecule has 6 aromatic rings. The van der Waals surface area contributed by atoms with Crippen molar-refractivity contribution >= 4 is 33.4 Å². The Bertz CT molecular complexity index is 1950. The van der Waals surface area contributed by atoms with E-state index < -0.39 is 11.5 Å². The molecule has 8 heteroatoms. The van der Waals surface area contributed by atoms with Crippen LogP contribution >= 0.6 is 0 Å². The summed E-state index contributed by atoms with van der Waals surface area (Å²) in [6.07, 6.45) is 7.01. The van der Waals surface area contributed by atoms with Gasteiger partial charge in [-0.25, -0.2) is 4.98 Å². The van der Waals surface area contributed by atoms with Crippen LogP contribution in [0.25, 0.3) is 44.3 Å². The molecule has 0 atom stereocenters. The van der Waals surface area contributed by atoms with Crippen LogP contribution in [0.15, 0.2) is 78.1 Å². The summed E-state index contributed by atoms with van der Waals surface area (Å²) < 4.78 is 3.32. The molecule has 0 radical (unpaired) electrons. The molecule has 3 heterocycles. The van der Waals surface area contributed by atoms with E-state index in [1.54, 1.807) is 41.4 Å². The number of carbonyl (C=O) groups is 1. The first-order chi connectivity index (χ1) is 18.1. The summed E-state index contributed by atoms with van der Waals surface area (Å²) >= 11 is 0. The van der Waals surface area contributed by atoms with E-state index in [1.165, 1.54) is 0 Å². The minimum Gasteiger partial charge on any atom is -0.386 e. The summed E-state index contributed by atoms with van der Waals surface area (Å²) in [5.74, 6) is -0.415. The molecule has 38 heavy (non-hydrogen) atoms. The SMILES string of the molecule is Cc1c(-c2ccc(CC(N)=O)c3[nH]c4cc(C(C)(C)O)ccc4c23)cccc1-n1ccn2ccnc2c1=O. The smallest absolute Gasteiger partial charge is 0.298 e. The number of aliphatic hydroxyl groups is 1. The second kappa shape index (κ2) is 8.43. The van der Waals surface area contributed by atoms with Crippen molar-refractivity contribution < 1.29 is 9.90 Å². The first-order valence-electron chi connectivity index (χ1n) is 12.4. The highest BCUT2D eigenvalue weighted by Gasteiger charge is 2.21. The number of amides is 1. The third-order valence-corrected chi connectivity index (χ3v) is 7.22. The lowest BCUT2D eigenvalue weighted by Crippen LogP contribution is -2.20. The predicted octanol–water partition coefficient (Wildman–Crippen LogP) is 4.35. The Labute approximate surface area is 218 Å². The van der Waals surface area contributed by atoms with Gasteiger partial charge in [0.25, 0.3) is 5.56 Å². The average molecular weight is 506 g/mol. The number of nitrogens with two attached hydrogens (primary N) is 1. The van der Waals surface area contributed by atoms with Crippen LogP contribution in [0.2, 0.25) is 0 Å². The summed E-state index contributed by atoms with van der Waals surface area (Å²) in [5.41, 5.74) is 11.6. The van der Waals surface area contributed by atoms with Gasteiger partial charge in [-0.2, -0.15) is 0 Å². The molecular weight excluding hydrogens is 478 g/mol. The average Bonchev–Trinajstić information content (AvgIpc) is 3.50. The number of benzene rings is 3. The second-order valence-electron chi connectivity index (χ2n) is 10.2. The molecule has 4 N–H and O–H groups in total. The first kappa shape index (κ1) is 23.7. The van der Waals surface area contributed by atoms with Crippen molar-refractivity contribution in [3.8, 4) is 16.8 Å². The fourth-order valence-electron chi connectivity index (χ4n) is 5.29. The van der Waals surface area contributed by atoms with Gasteiger partial charge in [0, 0.05) is 41.1 Å². The molecular formula is C30H27N5O3. The maximum absolute atomic E-state index is 13.2. The van der Waals surface area contributed by atoms with Gasteiger partial charge in [0.05, 0.1) is 23.2 Å². The monoisotopic (exact) mass is 505 g/mol. The van der Waals surface area contributed by atoms with E-state index in [4.69, 9.17) is 5.73 Å². The lowest BCUT2D eigenvalue weighted by Gasteiger charge is -2.17. The molecule has 0 saturated heterocycles.